The van der Waals surface area contributed by atoms with Crippen LogP contribution in [0.2, 0.25) is 0 Å². The highest BCUT2D eigenvalue weighted by atomic mass is 32.2. The molecule has 20 heavy (non-hydrogen) atoms. The molecular weight excluding hydrogens is 274 g/mol. The summed E-state index contributed by atoms with van der Waals surface area (Å²) in [7, 11) is -1.68. The molecule has 0 aliphatic carbocycles. The van der Waals surface area contributed by atoms with E-state index in [9.17, 15) is 8.42 Å². The number of hydrogen-bond donors (Lipinski definition) is 2. The van der Waals surface area contributed by atoms with Gasteiger partial charge in [-0.25, -0.2) is 13.1 Å². The molecule has 0 bridgehead atoms. The second-order valence-electron chi connectivity index (χ2n) is 5.82. The molecule has 0 amide bonds. The zero-order valence-electron chi connectivity index (χ0n) is 12.8. The summed E-state index contributed by atoms with van der Waals surface area (Å²) in [6.45, 7) is 7.98. The molecule has 0 saturated carbocycles. The number of likely N-dealkylation sites (N-methyl/N-ethyl adjacent to an activating group) is 1. The van der Waals surface area contributed by atoms with Crippen LogP contribution in [0.1, 0.15) is 27.7 Å². The van der Waals surface area contributed by atoms with E-state index >= 15 is 0 Å². The van der Waals surface area contributed by atoms with Crippen LogP contribution in [0.25, 0.3) is 0 Å². The Kier molecular flexibility index (Phi) is 5.18. The molecule has 0 aliphatic heterocycles. The number of rotatable bonds is 6. The van der Waals surface area contributed by atoms with Crippen molar-refractivity contribution in [1.82, 2.24) is 4.72 Å². The molecule has 6 heteroatoms. The summed E-state index contributed by atoms with van der Waals surface area (Å²) in [4.78, 5) is 2.18. The Morgan fingerprint density at radius 1 is 1.30 bits per heavy atom. The maximum Gasteiger partial charge on any atom is 0.242 e. The standard InChI is InChI=1S/C14H25N3O2S/c1-11(2)16-20(18,19)13-9-7-6-8-12(13)17(5)14(3,4)10-15/h6-9,11,16H,10,15H2,1-5H3. The average Bonchev–Trinajstić information content (AvgIpc) is 2.36. The predicted molar refractivity (Wildman–Crippen MR) is 83.4 cm³/mol. The van der Waals surface area contributed by atoms with Gasteiger partial charge in [0.05, 0.1) is 5.69 Å². The van der Waals surface area contributed by atoms with Gasteiger partial charge in [-0.05, 0) is 39.8 Å². The lowest BCUT2D eigenvalue weighted by molar-refractivity contribution is 0.495. The van der Waals surface area contributed by atoms with Crippen molar-refractivity contribution in [3.05, 3.63) is 24.3 Å². The SMILES string of the molecule is CC(C)NS(=O)(=O)c1ccccc1N(C)C(C)(C)CN. The Labute approximate surface area is 122 Å². The monoisotopic (exact) mass is 299 g/mol. The number of sulfonamides is 1. The quantitative estimate of drug-likeness (QED) is 0.835. The first-order valence-electron chi connectivity index (χ1n) is 6.67. The fraction of sp³-hybridized carbons (Fsp3) is 0.571. The summed E-state index contributed by atoms with van der Waals surface area (Å²) in [5.74, 6) is 0. The summed E-state index contributed by atoms with van der Waals surface area (Å²) in [5.41, 5.74) is 6.10. The Morgan fingerprint density at radius 2 is 1.85 bits per heavy atom. The molecule has 0 saturated heterocycles. The molecule has 0 aromatic heterocycles. The van der Waals surface area contributed by atoms with Crippen molar-refractivity contribution in [1.29, 1.82) is 0 Å². The molecule has 0 fully saturated rings. The number of nitrogens with two attached hydrogens (primary N) is 1. The molecule has 1 aromatic carbocycles. The van der Waals surface area contributed by atoms with Crippen LogP contribution in [0.3, 0.4) is 0 Å². The lowest BCUT2D eigenvalue weighted by Gasteiger charge is -2.37. The van der Waals surface area contributed by atoms with Crippen LogP contribution in [0.4, 0.5) is 5.69 Å². The van der Waals surface area contributed by atoms with E-state index < -0.39 is 10.0 Å². The number of nitrogens with zero attached hydrogens (tertiary/aromatic N) is 1. The lowest BCUT2D eigenvalue weighted by Crippen LogP contribution is -2.48. The second kappa shape index (κ2) is 6.11. The Morgan fingerprint density at radius 3 is 2.35 bits per heavy atom. The minimum atomic E-state index is -3.54. The van der Waals surface area contributed by atoms with E-state index in [-0.39, 0.29) is 16.5 Å². The molecule has 0 atom stereocenters. The smallest absolute Gasteiger partial charge is 0.242 e. The van der Waals surface area contributed by atoms with Gasteiger partial charge >= 0.3 is 0 Å². The van der Waals surface area contributed by atoms with E-state index in [4.69, 9.17) is 5.73 Å². The fourth-order valence-electron chi connectivity index (χ4n) is 1.80. The highest BCUT2D eigenvalue weighted by Gasteiger charge is 2.27. The Balaban J connectivity index is 3.32. The van der Waals surface area contributed by atoms with Gasteiger partial charge in [0.2, 0.25) is 10.0 Å². The molecule has 0 heterocycles. The zero-order chi connectivity index (χ0) is 15.6. The first-order valence-corrected chi connectivity index (χ1v) is 8.15. The van der Waals surface area contributed by atoms with E-state index in [1.165, 1.54) is 0 Å². The summed E-state index contributed by atoms with van der Waals surface area (Å²) in [5, 5.41) is 0. The molecular formula is C14H25N3O2S. The van der Waals surface area contributed by atoms with Crippen LogP contribution in [0.15, 0.2) is 29.2 Å². The number of anilines is 1. The van der Waals surface area contributed by atoms with E-state index in [0.29, 0.717) is 12.2 Å². The van der Waals surface area contributed by atoms with Crippen LogP contribution < -0.4 is 15.4 Å². The normalized spacial score (nSPS) is 12.8. The Hall–Kier alpha value is -1.11. The van der Waals surface area contributed by atoms with Gasteiger partial charge in [-0.1, -0.05) is 12.1 Å². The van der Waals surface area contributed by atoms with Crippen LogP contribution in [0.5, 0.6) is 0 Å². The van der Waals surface area contributed by atoms with Gasteiger partial charge in [-0.3, -0.25) is 0 Å². The first kappa shape index (κ1) is 16.9. The molecule has 0 aliphatic rings. The average molecular weight is 299 g/mol. The van der Waals surface area contributed by atoms with Gasteiger partial charge < -0.3 is 10.6 Å². The van der Waals surface area contributed by atoms with Gasteiger partial charge in [0.25, 0.3) is 0 Å². The topological polar surface area (TPSA) is 75.4 Å². The van der Waals surface area contributed by atoms with E-state index in [2.05, 4.69) is 4.72 Å². The first-order chi connectivity index (χ1) is 9.12. The van der Waals surface area contributed by atoms with E-state index in [1.54, 1.807) is 32.0 Å². The molecule has 5 nitrogen and oxygen atoms in total. The van der Waals surface area contributed by atoms with Crippen molar-refractivity contribution in [2.75, 3.05) is 18.5 Å². The van der Waals surface area contributed by atoms with Crippen LogP contribution in [0, 0.1) is 0 Å². The van der Waals surface area contributed by atoms with Gasteiger partial charge in [-0.2, -0.15) is 0 Å². The molecule has 114 valence electrons. The maximum atomic E-state index is 12.4. The fourth-order valence-corrected chi connectivity index (χ4v) is 3.28. The minimum Gasteiger partial charge on any atom is -0.367 e. The van der Waals surface area contributed by atoms with Crippen LogP contribution >= 0.6 is 0 Å². The number of hydrogen-bond acceptors (Lipinski definition) is 4. The van der Waals surface area contributed by atoms with Gasteiger partial charge in [0.15, 0.2) is 0 Å². The molecule has 0 spiro atoms. The largest absolute Gasteiger partial charge is 0.367 e. The third kappa shape index (κ3) is 3.71. The minimum absolute atomic E-state index is 0.152. The Bertz CT molecular complexity index is 553. The number of para-hydroxylation sites is 1. The third-order valence-corrected chi connectivity index (χ3v) is 5.02. The summed E-state index contributed by atoms with van der Waals surface area (Å²) in [6.07, 6.45) is 0. The second-order valence-corrected chi connectivity index (χ2v) is 7.50. The summed E-state index contributed by atoms with van der Waals surface area (Å²) >= 11 is 0. The number of nitrogens with one attached hydrogen (secondary N) is 1. The van der Waals surface area contributed by atoms with Crippen molar-refractivity contribution in [2.45, 2.75) is 44.2 Å². The van der Waals surface area contributed by atoms with Gasteiger partial charge in [0, 0.05) is 25.2 Å². The maximum absolute atomic E-state index is 12.4. The van der Waals surface area contributed by atoms with Gasteiger partial charge in [0.1, 0.15) is 4.90 Å². The molecule has 3 N–H and O–H groups in total. The van der Waals surface area contributed by atoms with Crippen molar-refractivity contribution in [2.24, 2.45) is 5.73 Å². The van der Waals surface area contributed by atoms with Crippen molar-refractivity contribution >= 4 is 15.7 Å². The molecule has 0 radical (unpaired) electrons. The highest BCUT2D eigenvalue weighted by molar-refractivity contribution is 7.89. The number of benzene rings is 1. The van der Waals surface area contributed by atoms with Crippen LogP contribution in [-0.4, -0.2) is 33.6 Å². The zero-order valence-corrected chi connectivity index (χ0v) is 13.7. The van der Waals surface area contributed by atoms with Crippen molar-refractivity contribution in [3.63, 3.8) is 0 Å². The predicted octanol–water partition coefficient (Wildman–Crippen LogP) is 1.55. The van der Waals surface area contributed by atoms with Crippen LogP contribution in [-0.2, 0) is 10.0 Å². The lowest BCUT2D eigenvalue weighted by atomic mass is 10.0. The van der Waals surface area contributed by atoms with E-state index in [0.717, 1.165) is 0 Å². The van der Waals surface area contributed by atoms with Crippen molar-refractivity contribution in [3.8, 4) is 0 Å². The summed E-state index contributed by atoms with van der Waals surface area (Å²) < 4.78 is 27.4. The molecule has 1 rings (SSSR count). The molecule has 0 unspecified atom stereocenters. The van der Waals surface area contributed by atoms with Gasteiger partial charge in [-0.15, -0.1) is 0 Å². The van der Waals surface area contributed by atoms with E-state index in [1.807, 2.05) is 31.9 Å². The highest BCUT2D eigenvalue weighted by Crippen LogP contribution is 2.28. The molecule has 1 aromatic rings. The third-order valence-electron chi connectivity index (χ3n) is 3.31. The summed E-state index contributed by atoms with van der Waals surface area (Å²) in [6, 6.07) is 6.81. The van der Waals surface area contributed by atoms with Crippen molar-refractivity contribution < 1.29 is 8.42 Å².